The first-order valence-corrected chi connectivity index (χ1v) is 43.7. The van der Waals surface area contributed by atoms with Gasteiger partial charge in [0, 0.05) is 50.2 Å². The predicted molar refractivity (Wildman–Crippen MR) is 482 cm³/mol. The van der Waals surface area contributed by atoms with E-state index in [1.54, 1.807) is 0 Å². The zero-order chi connectivity index (χ0) is 75.9. The lowest BCUT2D eigenvalue weighted by Crippen LogP contribution is -2.75. The van der Waals surface area contributed by atoms with Gasteiger partial charge in [-0.15, -0.1) is 0 Å². The number of anilines is 5. The van der Waals surface area contributed by atoms with E-state index in [0.717, 1.165) is 45.2 Å². The van der Waals surface area contributed by atoms with Gasteiger partial charge in [0.25, 0.3) is 6.71 Å². The number of rotatable bonds is 9. The number of fused-ring (bicyclic) bond motifs is 9. The minimum Gasteiger partial charge on any atom is -0.356 e. The molecule has 4 aliphatic heterocycles. The van der Waals surface area contributed by atoms with Gasteiger partial charge in [-0.3, -0.25) is 0 Å². The number of hydrogen-bond acceptors (Lipinski definition) is 2. The first-order chi connectivity index (χ1) is 53.7. The third-order valence-electron chi connectivity index (χ3n) is 24.9. The van der Waals surface area contributed by atoms with Gasteiger partial charge in [-0.25, -0.2) is 0 Å². The smallest absolute Gasteiger partial charge is 0.252 e. The molecule has 6 heteroatoms. The summed E-state index contributed by atoms with van der Waals surface area (Å²) in [5, 5.41) is 17.8. The van der Waals surface area contributed by atoms with Gasteiger partial charge in [-0.2, -0.15) is 0 Å². The Morgan fingerprint density at radius 2 is 0.829 bits per heavy atom. The summed E-state index contributed by atoms with van der Waals surface area (Å²) in [6.45, 7) is 26.0. The molecule has 0 saturated carbocycles. The van der Waals surface area contributed by atoms with Gasteiger partial charge in [0.15, 0.2) is 16.1 Å². The van der Waals surface area contributed by atoms with Crippen molar-refractivity contribution >= 4 is 131 Å². The molecule has 0 spiro atoms. The summed E-state index contributed by atoms with van der Waals surface area (Å²) >= 11 is 0. The van der Waals surface area contributed by atoms with Crippen molar-refractivity contribution in [1.29, 1.82) is 0 Å². The zero-order valence-corrected chi connectivity index (χ0v) is 67.5. The van der Waals surface area contributed by atoms with Crippen LogP contribution in [0.5, 0.6) is 0 Å². The van der Waals surface area contributed by atoms with Gasteiger partial charge in [-0.1, -0.05) is 386 Å². The lowest BCUT2D eigenvalue weighted by Gasteiger charge is -2.42. The van der Waals surface area contributed by atoms with E-state index in [0.29, 0.717) is 0 Å². The maximum absolute atomic E-state index is 4.51. The second-order valence-corrected chi connectivity index (χ2v) is 42.5. The van der Waals surface area contributed by atoms with Crippen molar-refractivity contribution in [2.24, 2.45) is 0 Å². The average Bonchev–Trinajstić information content (AvgIpc) is 1.33. The summed E-state index contributed by atoms with van der Waals surface area (Å²) in [6, 6.07) is 137. The molecular formula is C105H92BN3Si2. The van der Waals surface area contributed by atoms with E-state index in [-0.39, 0.29) is 23.0 Å². The van der Waals surface area contributed by atoms with Crippen LogP contribution >= 0.6 is 0 Å². The van der Waals surface area contributed by atoms with Crippen molar-refractivity contribution in [1.82, 2.24) is 4.57 Å². The highest BCUT2D eigenvalue weighted by Gasteiger charge is 2.48. The largest absolute Gasteiger partial charge is 0.356 e. The van der Waals surface area contributed by atoms with Gasteiger partial charge >= 0.3 is 0 Å². The Balaban J connectivity index is 0.919. The summed E-state index contributed by atoms with van der Waals surface area (Å²) < 4.78 is 2.53. The molecule has 111 heavy (non-hydrogen) atoms. The third-order valence-corrected chi connectivity index (χ3v) is 34.6. The average molecular weight is 1460 g/mol. The standard InChI is InChI=1S/C105H92BN3Si2/c1-102(2,3)74-61-72(62-75(66-74)103(4,5)6)71-51-59-91-96(65-71)108(78-52-56-85(57-53-78)110(80-33-17-12-18-34-80,81-35-19-13-20-36-81)82-37-21-14-22-38-82)97-69-79(109-94-46-30-27-43-88(94)89-44-28-31-47-95(89)109)68-93-100(97)106(91)92-60-58-87-73-63-76(104(7,8)9)67-77(64-73)105(10,11)90-45-29-32-48-98(90)111(83-39-23-15-24-40-83,84-41-25-16-26-42-84)86-54-49-70(50-55-86)99(87)101(92)107-93/h12-69,107H,1-11H3. The minimum absolute atomic E-state index is 0.0914. The number of nitrogens with zero attached hydrogens (tertiary/aromatic N) is 2. The fraction of sp³-hybridized carbons (Fsp3) is 0.143. The molecule has 16 aromatic rings. The van der Waals surface area contributed by atoms with Crippen LogP contribution in [0.15, 0.2) is 352 Å². The molecule has 0 radical (unpaired) electrons. The van der Waals surface area contributed by atoms with E-state index >= 15 is 0 Å². The molecule has 0 amide bonds. The van der Waals surface area contributed by atoms with Gasteiger partial charge in [0.2, 0.25) is 0 Å². The maximum Gasteiger partial charge on any atom is 0.252 e. The van der Waals surface area contributed by atoms with E-state index in [1.165, 1.54) is 130 Å². The molecule has 15 aromatic carbocycles. The molecule has 1 aromatic heterocycles. The first kappa shape index (κ1) is 69.6. The number of nitrogens with one attached hydrogen (secondary N) is 1. The Morgan fingerprint density at radius 3 is 1.39 bits per heavy atom. The number of benzene rings is 15. The number of hydrogen-bond donors (Lipinski definition) is 1. The van der Waals surface area contributed by atoms with Crippen LogP contribution < -0.4 is 68.1 Å². The molecular weight excluding hydrogens is 1370 g/mol. The highest BCUT2D eigenvalue weighted by atomic mass is 28.3. The van der Waals surface area contributed by atoms with Gasteiger partial charge < -0.3 is 14.8 Å². The topological polar surface area (TPSA) is 20.2 Å². The van der Waals surface area contributed by atoms with Gasteiger partial charge in [0.1, 0.15) is 0 Å². The van der Waals surface area contributed by atoms with Crippen molar-refractivity contribution in [2.75, 3.05) is 10.2 Å². The number of para-hydroxylation sites is 2. The van der Waals surface area contributed by atoms with E-state index in [4.69, 9.17) is 0 Å². The summed E-state index contributed by atoms with van der Waals surface area (Å²) in [5.41, 5.74) is 25.8. The van der Waals surface area contributed by atoms with Crippen molar-refractivity contribution in [2.45, 2.75) is 97.8 Å². The Bertz CT molecular complexity index is 6080. The van der Waals surface area contributed by atoms with Crippen molar-refractivity contribution in [3.05, 3.63) is 380 Å². The van der Waals surface area contributed by atoms with Gasteiger partial charge in [0.05, 0.1) is 16.7 Å². The lowest BCUT2D eigenvalue weighted by molar-refractivity contribution is 0.569. The fourth-order valence-electron chi connectivity index (χ4n) is 19.2. The highest BCUT2D eigenvalue weighted by molar-refractivity contribution is 7.20. The normalized spacial score (nSPS) is 14.1. The predicted octanol–water partition coefficient (Wildman–Crippen LogP) is 19.4. The molecule has 0 fully saturated rings. The summed E-state index contributed by atoms with van der Waals surface area (Å²) in [4.78, 5) is 2.64. The first-order valence-electron chi connectivity index (χ1n) is 39.7. The Hall–Kier alpha value is -11.8. The Kier molecular flexibility index (Phi) is 16.4. The quantitative estimate of drug-likeness (QED) is 0.115. The van der Waals surface area contributed by atoms with E-state index in [1.807, 2.05) is 0 Å². The van der Waals surface area contributed by atoms with Crippen LogP contribution in [-0.2, 0) is 21.7 Å². The molecule has 0 aliphatic carbocycles. The van der Waals surface area contributed by atoms with Gasteiger partial charge in [-0.05, 0) is 172 Å². The summed E-state index contributed by atoms with van der Waals surface area (Å²) in [5.74, 6) is 0. The van der Waals surface area contributed by atoms with Crippen LogP contribution in [0.2, 0.25) is 0 Å². The van der Waals surface area contributed by atoms with Crippen LogP contribution in [0, 0.1) is 0 Å². The van der Waals surface area contributed by atoms with Crippen LogP contribution in [0.3, 0.4) is 0 Å². The molecule has 20 rings (SSSR count). The van der Waals surface area contributed by atoms with Crippen molar-refractivity contribution < 1.29 is 0 Å². The second kappa shape index (κ2) is 26.2. The molecule has 3 nitrogen and oxygen atoms in total. The van der Waals surface area contributed by atoms with E-state index < -0.39 is 21.6 Å². The van der Waals surface area contributed by atoms with Crippen LogP contribution in [0.4, 0.5) is 28.4 Å². The molecule has 4 bridgehead atoms. The SMILES string of the molecule is CC(C)(C)c1cc(-c2ccc3c(c2)N(c2ccc([Si](c4ccccc4)(c4ccccc4)c4ccccc4)cc2)c2cc(-n4c5ccccc5c5ccccc54)cc4c2B3c2ccc3c(c2N4)-c2ccc(cc2)[Si](c2ccccc2)(c2ccccc2)c2ccccc2C(C)(C)c2cc-3cc(C(C)(C)C)c2)cc(C(C)(C)C)c1. The lowest BCUT2D eigenvalue weighted by atomic mass is 9.33. The molecule has 5 heterocycles. The number of aromatic nitrogens is 1. The van der Waals surface area contributed by atoms with Crippen molar-refractivity contribution in [3.8, 4) is 39.1 Å². The van der Waals surface area contributed by atoms with E-state index in [2.05, 4.69) is 443 Å². The fourth-order valence-corrected chi connectivity index (χ4v) is 29.0. The molecule has 0 atom stereocenters. The molecule has 0 unspecified atom stereocenters. The molecule has 538 valence electrons. The summed E-state index contributed by atoms with van der Waals surface area (Å²) in [6.07, 6.45) is 0. The molecule has 4 aliphatic rings. The highest BCUT2D eigenvalue weighted by Crippen LogP contribution is 2.49. The second-order valence-electron chi connectivity index (χ2n) is 34.9. The van der Waals surface area contributed by atoms with Crippen molar-refractivity contribution in [3.63, 3.8) is 0 Å². The maximum atomic E-state index is 4.51. The summed E-state index contributed by atoms with van der Waals surface area (Å²) in [7, 11) is -6.06. The van der Waals surface area contributed by atoms with Crippen LogP contribution in [0.25, 0.3) is 60.9 Å². The zero-order valence-electron chi connectivity index (χ0n) is 65.5. The van der Waals surface area contributed by atoms with Crippen LogP contribution in [0.1, 0.15) is 104 Å². The molecule has 0 saturated heterocycles. The molecule has 1 N–H and O–H groups in total. The van der Waals surface area contributed by atoms with Crippen LogP contribution in [-0.4, -0.2) is 27.4 Å². The van der Waals surface area contributed by atoms with E-state index in [9.17, 15) is 0 Å². The Morgan fingerprint density at radius 1 is 0.360 bits per heavy atom. The minimum atomic E-state index is -3.12. The third kappa shape index (κ3) is 11.2. The Labute approximate surface area is 657 Å². The monoisotopic (exact) mass is 1460 g/mol.